The van der Waals surface area contributed by atoms with Crippen LogP contribution < -0.4 is 9.80 Å². The molecule has 0 N–H and O–H groups in total. The number of hydrogen-bond acceptors (Lipinski definition) is 6. The number of pyridine rings is 1. The summed E-state index contributed by atoms with van der Waals surface area (Å²) in [5, 5.41) is 0.899. The van der Waals surface area contributed by atoms with Crippen LogP contribution >= 0.6 is 11.3 Å². The zero-order valence-corrected chi connectivity index (χ0v) is 18.8. The van der Waals surface area contributed by atoms with Crippen LogP contribution in [0.3, 0.4) is 0 Å². The highest BCUT2D eigenvalue weighted by Crippen LogP contribution is 2.33. The highest BCUT2D eigenvalue weighted by molar-refractivity contribution is 7.21. The lowest BCUT2D eigenvalue weighted by atomic mass is 9.96. The van der Waals surface area contributed by atoms with Gasteiger partial charge in [-0.2, -0.15) is 13.2 Å². The van der Waals surface area contributed by atoms with Gasteiger partial charge in [-0.1, -0.05) is 17.4 Å². The molecule has 33 heavy (non-hydrogen) atoms. The number of fused-ring (bicyclic) bond motifs is 1. The first kappa shape index (κ1) is 21.9. The van der Waals surface area contributed by atoms with Crippen molar-refractivity contribution in [2.45, 2.75) is 19.0 Å². The van der Waals surface area contributed by atoms with Gasteiger partial charge in [0, 0.05) is 51.2 Å². The molecule has 1 atom stereocenters. The summed E-state index contributed by atoms with van der Waals surface area (Å²) in [4.78, 5) is 29.1. The predicted octanol–water partition coefficient (Wildman–Crippen LogP) is 4.28. The molecule has 2 aliphatic rings. The van der Waals surface area contributed by atoms with Crippen LogP contribution in [0.4, 0.5) is 24.0 Å². The fourth-order valence-electron chi connectivity index (χ4n) is 4.57. The van der Waals surface area contributed by atoms with Crippen LogP contribution in [0.5, 0.6) is 0 Å². The Balaban J connectivity index is 1.21. The predicted molar refractivity (Wildman–Crippen MR) is 123 cm³/mol. The molecule has 0 radical (unpaired) electrons. The van der Waals surface area contributed by atoms with E-state index in [9.17, 15) is 18.0 Å². The molecule has 174 valence electrons. The number of anilines is 2. The number of piperidine rings is 1. The number of amides is 1. The zero-order chi connectivity index (χ0) is 23.0. The lowest BCUT2D eigenvalue weighted by Crippen LogP contribution is -2.52. The van der Waals surface area contributed by atoms with Gasteiger partial charge in [-0.3, -0.25) is 4.79 Å². The molecule has 5 rings (SSSR count). The Kier molecular flexibility index (Phi) is 5.86. The van der Waals surface area contributed by atoms with Crippen molar-refractivity contribution in [2.24, 2.45) is 5.92 Å². The van der Waals surface area contributed by atoms with Gasteiger partial charge < -0.3 is 14.7 Å². The van der Waals surface area contributed by atoms with Gasteiger partial charge in [0.1, 0.15) is 10.3 Å². The number of carbonyl (C=O) groups is 1. The van der Waals surface area contributed by atoms with Crippen molar-refractivity contribution < 1.29 is 18.0 Å². The molecule has 6 nitrogen and oxygen atoms in total. The molecule has 3 aromatic rings. The average molecular weight is 476 g/mol. The summed E-state index contributed by atoms with van der Waals surface area (Å²) in [6.45, 7) is 3.56. The molecule has 4 heterocycles. The van der Waals surface area contributed by atoms with Gasteiger partial charge in [0.2, 0.25) is 5.91 Å². The Morgan fingerprint density at radius 1 is 1.03 bits per heavy atom. The van der Waals surface area contributed by atoms with Gasteiger partial charge in [0.15, 0.2) is 5.13 Å². The van der Waals surface area contributed by atoms with Crippen LogP contribution in [-0.4, -0.2) is 60.0 Å². The summed E-state index contributed by atoms with van der Waals surface area (Å²) < 4.78 is 39.1. The normalized spacial score (nSPS) is 19.8. The van der Waals surface area contributed by atoms with Crippen LogP contribution in [-0.2, 0) is 11.0 Å². The van der Waals surface area contributed by atoms with E-state index in [1.54, 1.807) is 23.6 Å². The van der Waals surface area contributed by atoms with Crippen LogP contribution in [0.15, 0.2) is 42.6 Å². The maximum atomic E-state index is 13.2. The Hall–Kier alpha value is -2.88. The third kappa shape index (κ3) is 4.62. The smallest absolute Gasteiger partial charge is 0.368 e. The molecule has 2 aromatic heterocycles. The molecular formula is C23H24F3N5OS. The van der Waals surface area contributed by atoms with Gasteiger partial charge >= 0.3 is 6.18 Å². The lowest BCUT2D eigenvalue weighted by molar-refractivity contribution is -0.137. The number of nitrogens with zero attached hydrogens (tertiary/aromatic N) is 5. The van der Waals surface area contributed by atoms with Crippen molar-refractivity contribution in [1.82, 2.24) is 14.9 Å². The molecule has 1 unspecified atom stereocenters. The van der Waals surface area contributed by atoms with Gasteiger partial charge in [0.25, 0.3) is 0 Å². The third-order valence-electron chi connectivity index (χ3n) is 6.33. The average Bonchev–Trinajstić information content (AvgIpc) is 3.28. The summed E-state index contributed by atoms with van der Waals surface area (Å²) in [7, 11) is 0. The van der Waals surface area contributed by atoms with Crippen molar-refractivity contribution in [3.8, 4) is 0 Å². The second-order valence-electron chi connectivity index (χ2n) is 8.47. The SMILES string of the molecule is O=C(C1CCCN(c2nc3cccnc3s2)C1)N1CCN(c2cccc(C(F)(F)F)c2)CC1. The van der Waals surface area contributed by atoms with Crippen molar-refractivity contribution >= 4 is 38.4 Å². The monoisotopic (exact) mass is 475 g/mol. The number of alkyl halides is 3. The molecule has 2 saturated heterocycles. The van der Waals surface area contributed by atoms with E-state index in [0.29, 0.717) is 38.4 Å². The number of rotatable bonds is 3. The molecular weight excluding hydrogens is 451 g/mol. The second-order valence-corrected chi connectivity index (χ2v) is 9.43. The minimum atomic E-state index is -4.36. The Morgan fingerprint density at radius 3 is 2.61 bits per heavy atom. The highest BCUT2D eigenvalue weighted by atomic mass is 32.1. The number of piperazine rings is 1. The molecule has 0 bridgehead atoms. The second kappa shape index (κ2) is 8.81. The zero-order valence-electron chi connectivity index (χ0n) is 18.0. The first-order valence-corrected chi connectivity index (χ1v) is 11.9. The van der Waals surface area contributed by atoms with E-state index in [-0.39, 0.29) is 11.8 Å². The molecule has 0 spiro atoms. The summed E-state index contributed by atoms with van der Waals surface area (Å²) >= 11 is 1.55. The molecule has 2 aliphatic heterocycles. The van der Waals surface area contributed by atoms with Gasteiger partial charge in [-0.25, -0.2) is 9.97 Å². The minimum Gasteiger partial charge on any atom is -0.368 e. The molecule has 2 fully saturated rings. The summed E-state index contributed by atoms with van der Waals surface area (Å²) in [5.74, 6) is 0.0291. The largest absolute Gasteiger partial charge is 0.416 e. The standard InChI is InChI=1S/C23H24F3N5OS/c24-23(25,26)17-5-1-6-18(14-17)29-10-12-30(13-11-29)21(32)16-4-3-9-31(15-16)22-28-19-7-2-8-27-20(19)33-22/h1-2,5-8,14,16H,3-4,9-13,15H2. The van der Waals surface area contributed by atoms with E-state index in [2.05, 4.69) is 14.9 Å². The molecule has 1 aromatic carbocycles. The van der Waals surface area contributed by atoms with Crippen molar-refractivity contribution in [3.63, 3.8) is 0 Å². The van der Waals surface area contributed by atoms with Gasteiger partial charge in [-0.15, -0.1) is 0 Å². The molecule has 1 amide bonds. The number of benzene rings is 1. The van der Waals surface area contributed by atoms with Crippen LogP contribution in [0.1, 0.15) is 18.4 Å². The number of thiazole rings is 1. The van der Waals surface area contributed by atoms with E-state index >= 15 is 0 Å². The first-order chi connectivity index (χ1) is 15.9. The maximum Gasteiger partial charge on any atom is 0.416 e. The maximum absolute atomic E-state index is 13.2. The fraction of sp³-hybridized carbons (Fsp3) is 0.435. The van der Waals surface area contributed by atoms with Gasteiger partial charge in [0.05, 0.1) is 11.5 Å². The molecule has 0 saturated carbocycles. The number of halogens is 3. The molecule has 10 heteroatoms. The number of carbonyl (C=O) groups excluding carboxylic acids is 1. The van der Waals surface area contributed by atoms with E-state index in [1.165, 1.54) is 12.1 Å². The van der Waals surface area contributed by atoms with Crippen LogP contribution in [0, 0.1) is 5.92 Å². The lowest BCUT2D eigenvalue weighted by Gasteiger charge is -2.39. The van der Waals surface area contributed by atoms with Gasteiger partial charge in [-0.05, 0) is 43.2 Å². The van der Waals surface area contributed by atoms with Crippen molar-refractivity contribution in [3.05, 3.63) is 48.2 Å². The third-order valence-corrected chi connectivity index (χ3v) is 7.37. The Bertz CT molecular complexity index is 1110. The summed E-state index contributed by atoms with van der Waals surface area (Å²) in [5.41, 5.74) is 0.771. The Labute approximate surface area is 193 Å². The van der Waals surface area contributed by atoms with E-state index < -0.39 is 11.7 Å². The minimum absolute atomic E-state index is 0.0983. The summed E-state index contributed by atoms with van der Waals surface area (Å²) in [6.07, 6.45) is -0.845. The first-order valence-electron chi connectivity index (χ1n) is 11.1. The summed E-state index contributed by atoms with van der Waals surface area (Å²) in [6, 6.07) is 9.21. The highest BCUT2D eigenvalue weighted by Gasteiger charge is 2.33. The number of hydrogen-bond donors (Lipinski definition) is 0. The fourth-order valence-corrected chi connectivity index (χ4v) is 5.51. The van der Waals surface area contributed by atoms with E-state index in [1.807, 2.05) is 21.9 Å². The quantitative estimate of drug-likeness (QED) is 0.566. The van der Waals surface area contributed by atoms with Crippen molar-refractivity contribution in [2.75, 3.05) is 49.1 Å². The van der Waals surface area contributed by atoms with Crippen LogP contribution in [0.2, 0.25) is 0 Å². The van der Waals surface area contributed by atoms with E-state index in [4.69, 9.17) is 0 Å². The Morgan fingerprint density at radius 2 is 1.85 bits per heavy atom. The van der Waals surface area contributed by atoms with Crippen LogP contribution in [0.25, 0.3) is 10.3 Å². The number of aromatic nitrogens is 2. The molecule has 0 aliphatic carbocycles. The van der Waals surface area contributed by atoms with E-state index in [0.717, 1.165) is 40.9 Å². The van der Waals surface area contributed by atoms with Crippen molar-refractivity contribution in [1.29, 1.82) is 0 Å². The topological polar surface area (TPSA) is 52.6 Å².